The summed E-state index contributed by atoms with van der Waals surface area (Å²) in [5.74, 6) is -1.60. The number of carbonyl (C=O) groups excluding carboxylic acids is 3. The molecule has 2 aromatic rings. The van der Waals surface area contributed by atoms with Crippen molar-refractivity contribution in [2.45, 2.75) is 19.0 Å². The fourth-order valence-electron chi connectivity index (χ4n) is 2.39. The van der Waals surface area contributed by atoms with Crippen LogP contribution in [0.3, 0.4) is 0 Å². The number of carbonyl (C=O) groups is 3. The van der Waals surface area contributed by atoms with Crippen LogP contribution in [0.5, 0.6) is 0 Å². The summed E-state index contributed by atoms with van der Waals surface area (Å²) < 4.78 is 17.8. The molecule has 3 amide bonds. The third-order valence-electron chi connectivity index (χ3n) is 3.74. The molecule has 9 heteroatoms. The van der Waals surface area contributed by atoms with Crippen LogP contribution in [-0.4, -0.2) is 24.5 Å². The van der Waals surface area contributed by atoms with Gasteiger partial charge >= 0.3 is 12.0 Å². The zero-order valence-electron chi connectivity index (χ0n) is 14.8. The van der Waals surface area contributed by atoms with Crippen LogP contribution in [-0.2, 0) is 20.9 Å². The van der Waals surface area contributed by atoms with Crippen molar-refractivity contribution in [3.05, 3.63) is 70.5 Å². The molecule has 0 saturated carbocycles. The Balaban J connectivity index is 1.84. The van der Waals surface area contributed by atoms with E-state index < -0.39 is 30.6 Å². The summed E-state index contributed by atoms with van der Waals surface area (Å²) in [6.45, 7) is -0.325. The lowest BCUT2D eigenvalue weighted by Crippen LogP contribution is -2.35. The minimum absolute atomic E-state index is 0.169. The highest BCUT2D eigenvalue weighted by atomic mass is 35.5. The number of ether oxygens (including phenoxy) is 1. The smallest absolute Gasteiger partial charge is 0.312 e. The largest absolute Gasteiger partial charge is 0.456 e. The predicted molar refractivity (Wildman–Crippen MR) is 101 cm³/mol. The van der Waals surface area contributed by atoms with E-state index in [1.807, 2.05) is 0 Å². The van der Waals surface area contributed by atoms with Crippen molar-refractivity contribution in [1.82, 2.24) is 10.6 Å². The van der Waals surface area contributed by atoms with Gasteiger partial charge in [0, 0.05) is 11.6 Å². The van der Waals surface area contributed by atoms with Crippen LogP contribution in [0.1, 0.15) is 23.6 Å². The monoisotopic (exact) mass is 407 g/mol. The average Bonchev–Trinajstić information content (AvgIpc) is 2.65. The molecule has 0 spiro atoms. The van der Waals surface area contributed by atoms with Gasteiger partial charge in [-0.3, -0.25) is 9.59 Å². The van der Waals surface area contributed by atoms with Crippen LogP contribution in [0.25, 0.3) is 0 Å². The summed E-state index contributed by atoms with van der Waals surface area (Å²) in [6, 6.07) is 10.7. The number of esters is 1. The molecule has 0 heterocycles. The third kappa shape index (κ3) is 6.88. The van der Waals surface area contributed by atoms with E-state index in [0.29, 0.717) is 16.1 Å². The van der Waals surface area contributed by atoms with Gasteiger partial charge in [-0.25, -0.2) is 9.18 Å². The van der Waals surface area contributed by atoms with Crippen molar-refractivity contribution in [2.24, 2.45) is 5.73 Å². The van der Waals surface area contributed by atoms with Crippen molar-refractivity contribution in [1.29, 1.82) is 0 Å². The predicted octanol–water partition coefficient (Wildman–Crippen LogP) is 2.44. The molecule has 7 nitrogen and oxygen atoms in total. The van der Waals surface area contributed by atoms with Crippen LogP contribution in [0.2, 0.25) is 5.02 Å². The van der Waals surface area contributed by atoms with E-state index in [1.165, 1.54) is 24.3 Å². The molecule has 0 unspecified atom stereocenters. The molecule has 0 radical (unpaired) electrons. The number of hydrogen-bond donors (Lipinski definition) is 3. The molecule has 28 heavy (non-hydrogen) atoms. The second-order valence-electron chi connectivity index (χ2n) is 5.85. The van der Waals surface area contributed by atoms with Crippen LogP contribution < -0.4 is 16.4 Å². The van der Waals surface area contributed by atoms with Gasteiger partial charge in [0.1, 0.15) is 5.82 Å². The quantitative estimate of drug-likeness (QED) is 0.583. The molecule has 1 atom stereocenters. The Kier molecular flexibility index (Phi) is 7.76. The summed E-state index contributed by atoms with van der Waals surface area (Å²) in [4.78, 5) is 35.1. The van der Waals surface area contributed by atoms with E-state index in [1.54, 1.807) is 24.3 Å². The van der Waals surface area contributed by atoms with Gasteiger partial charge in [-0.05, 0) is 29.3 Å². The summed E-state index contributed by atoms with van der Waals surface area (Å²) in [5.41, 5.74) is 6.35. The molecule has 0 aromatic heterocycles. The van der Waals surface area contributed by atoms with Gasteiger partial charge in [-0.2, -0.15) is 0 Å². The summed E-state index contributed by atoms with van der Waals surface area (Å²) in [7, 11) is 0. The first-order valence-corrected chi connectivity index (χ1v) is 8.70. The summed E-state index contributed by atoms with van der Waals surface area (Å²) >= 11 is 6.09. The standard InChI is InChI=1S/C19H19ClFN3O4/c20-15-4-2-1-3-14(15)16(24-19(22)27)9-18(26)28-11-17(25)23-10-12-5-7-13(21)8-6-12/h1-8,16H,9-11H2,(H,23,25)(H3,22,24,27)/t16-/m1/s1. The molecule has 2 aromatic carbocycles. The molecule has 0 bridgehead atoms. The first-order valence-electron chi connectivity index (χ1n) is 8.32. The average molecular weight is 408 g/mol. The Morgan fingerprint density at radius 1 is 1.11 bits per heavy atom. The van der Waals surface area contributed by atoms with Crippen molar-refractivity contribution in [2.75, 3.05) is 6.61 Å². The number of hydrogen-bond acceptors (Lipinski definition) is 4. The zero-order valence-corrected chi connectivity index (χ0v) is 15.5. The lowest BCUT2D eigenvalue weighted by molar-refractivity contribution is -0.149. The number of urea groups is 1. The zero-order chi connectivity index (χ0) is 20.5. The third-order valence-corrected chi connectivity index (χ3v) is 4.08. The van der Waals surface area contributed by atoms with Gasteiger partial charge in [-0.15, -0.1) is 0 Å². The Bertz CT molecular complexity index is 845. The normalized spacial score (nSPS) is 11.4. The minimum Gasteiger partial charge on any atom is -0.456 e. The SMILES string of the molecule is NC(=O)N[C@H](CC(=O)OCC(=O)NCc1ccc(F)cc1)c1ccccc1Cl. The Morgan fingerprint density at radius 3 is 2.43 bits per heavy atom. The van der Waals surface area contributed by atoms with E-state index >= 15 is 0 Å². The molecule has 2 rings (SSSR count). The number of nitrogens with two attached hydrogens (primary N) is 1. The topological polar surface area (TPSA) is 111 Å². The van der Waals surface area contributed by atoms with Gasteiger partial charge in [0.25, 0.3) is 5.91 Å². The van der Waals surface area contributed by atoms with Gasteiger partial charge in [0.15, 0.2) is 6.61 Å². The second kappa shape index (κ2) is 10.3. The van der Waals surface area contributed by atoms with Crippen LogP contribution >= 0.6 is 11.6 Å². The fraction of sp³-hybridized carbons (Fsp3) is 0.211. The van der Waals surface area contributed by atoms with Crippen LogP contribution in [0.4, 0.5) is 9.18 Å². The van der Waals surface area contributed by atoms with Gasteiger partial charge < -0.3 is 21.1 Å². The molecule has 0 aliphatic rings. The van der Waals surface area contributed by atoms with Crippen LogP contribution in [0, 0.1) is 5.82 Å². The molecule has 0 aliphatic heterocycles. The van der Waals surface area contributed by atoms with Crippen molar-refractivity contribution in [3.63, 3.8) is 0 Å². The number of amides is 3. The molecule has 0 aliphatic carbocycles. The summed E-state index contributed by atoms with van der Waals surface area (Å²) in [5, 5.41) is 5.33. The van der Waals surface area contributed by atoms with E-state index in [0.717, 1.165) is 0 Å². The van der Waals surface area contributed by atoms with E-state index in [-0.39, 0.29) is 18.8 Å². The van der Waals surface area contributed by atoms with Crippen molar-refractivity contribution < 1.29 is 23.5 Å². The molecule has 0 fully saturated rings. The number of primary amides is 1. The number of benzene rings is 2. The van der Waals surface area contributed by atoms with E-state index in [4.69, 9.17) is 22.1 Å². The molecular formula is C19H19ClFN3O4. The van der Waals surface area contributed by atoms with Gasteiger partial charge in [0.05, 0.1) is 12.5 Å². The maximum atomic E-state index is 12.8. The minimum atomic E-state index is -0.824. The lowest BCUT2D eigenvalue weighted by Gasteiger charge is -2.18. The molecular weight excluding hydrogens is 389 g/mol. The van der Waals surface area contributed by atoms with E-state index in [2.05, 4.69) is 10.6 Å². The molecule has 148 valence electrons. The van der Waals surface area contributed by atoms with Gasteiger partial charge in [-0.1, -0.05) is 41.9 Å². The maximum Gasteiger partial charge on any atom is 0.312 e. The first-order chi connectivity index (χ1) is 13.3. The van der Waals surface area contributed by atoms with E-state index in [9.17, 15) is 18.8 Å². The lowest BCUT2D eigenvalue weighted by atomic mass is 10.0. The first kappa shape index (κ1) is 21.2. The molecule has 4 N–H and O–H groups in total. The summed E-state index contributed by atoms with van der Waals surface area (Å²) in [6.07, 6.45) is -0.252. The second-order valence-corrected chi connectivity index (χ2v) is 6.26. The van der Waals surface area contributed by atoms with Crippen molar-refractivity contribution in [3.8, 4) is 0 Å². The van der Waals surface area contributed by atoms with Crippen molar-refractivity contribution >= 4 is 29.5 Å². The highest BCUT2D eigenvalue weighted by Gasteiger charge is 2.21. The Labute approximate surface area is 166 Å². The highest BCUT2D eigenvalue weighted by molar-refractivity contribution is 6.31. The fourth-order valence-corrected chi connectivity index (χ4v) is 2.66. The number of rotatable bonds is 8. The number of nitrogens with one attached hydrogen (secondary N) is 2. The Hall–Kier alpha value is -3.13. The van der Waals surface area contributed by atoms with Gasteiger partial charge in [0.2, 0.25) is 0 Å². The molecule has 0 saturated heterocycles. The highest BCUT2D eigenvalue weighted by Crippen LogP contribution is 2.25. The number of halogens is 2. The Morgan fingerprint density at radius 2 is 1.79 bits per heavy atom. The van der Waals surface area contributed by atoms with Crippen LogP contribution in [0.15, 0.2) is 48.5 Å². The maximum absolute atomic E-state index is 12.8.